The van der Waals surface area contributed by atoms with Crippen molar-refractivity contribution in [3.05, 3.63) is 59.2 Å². The molecule has 47 heavy (non-hydrogen) atoms. The van der Waals surface area contributed by atoms with E-state index in [4.69, 9.17) is 24.7 Å². The number of aliphatic hydroxyl groups excluding tert-OH is 2. The number of aliphatic carboxylic acids is 1. The highest BCUT2D eigenvalue weighted by atomic mass is 16.6. The minimum absolute atomic E-state index is 0.150. The lowest BCUT2D eigenvalue weighted by atomic mass is 9.78. The van der Waals surface area contributed by atoms with Crippen LogP contribution >= 0.6 is 0 Å². The Labute approximate surface area is 270 Å². The molecule has 1 saturated heterocycles. The monoisotopic (exact) mass is 657 g/mol. The number of carboxylic acids is 1. The van der Waals surface area contributed by atoms with Crippen LogP contribution < -0.4 is 10.5 Å². The Morgan fingerprint density at radius 3 is 2.49 bits per heavy atom. The van der Waals surface area contributed by atoms with Crippen molar-refractivity contribution in [1.82, 2.24) is 0 Å². The lowest BCUT2D eigenvalue weighted by molar-refractivity contribution is -0.225. The third kappa shape index (κ3) is 8.94. The fraction of sp³-hybridized carbons (Fsp3) is 0.424. The number of aliphatic hydroxyl groups is 2. The van der Waals surface area contributed by atoms with Crippen LogP contribution in [0, 0.1) is 0 Å². The van der Waals surface area contributed by atoms with Crippen molar-refractivity contribution in [1.29, 1.82) is 0 Å². The van der Waals surface area contributed by atoms with Crippen molar-refractivity contribution in [3.8, 4) is 23.0 Å². The third-order valence-electron chi connectivity index (χ3n) is 7.93. The van der Waals surface area contributed by atoms with Gasteiger partial charge in [-0.25, -0.2) is 4.79 Å². The topological polar surface area (TPSA) is 236 Å². The van der Waals surface area contributed by atoms with Gasteiger partial charge in [0.25, 0.3) is 0 Å². The zero-order valence-corrected chi connectivity index (χ0v) is 25.5. The number of aromatic hydroxyl groups is 3. The lowest BCUT2D eigenvalue weighted by Gasteiger charge is -2.45. The number of ether oxygens (including phenoxy) is 4. The Kier molecular flexibility index (Phi) is 12.1. The van der Waals surface area contributed by atoms with E-state index in [1.807, 2.05) is 0 Å². The molecule has 1 aliphatic heterocycles. The van der Waals surface area contributed by atoms with Gasteiger partial charge in [-0.3, -0.25) is 9.59 Å². The summed E-state index contributed by atoms with van der Waals surface area (Å²) in [7, 11) is 0. The van der Waals surface area contributed by atoms with E-state index in [0.29, 0.717) is 17.5 Å². The van der Waals surface area contributed by atoms with Crippen LogP contribution in [0.15, 0.2) is 42.5 Å². The average Bonchev–Trinajstić information content (AvgIpc) is 3.03. The first kappa shape index (κ1) is 35.5. The second kappa shape index (κ2) is 16.0. The van der Waals surface area contributed by atoms with Gasteiger partial charge in [-0.05, 0) is 65.9 Å². The van der Waals surface area contributed by atoms with Gasteiger partial charge in [0, 0.05) is 26.0 Å². The Bertz CT molecular complexity index is 1510. The van der Waals surface area contributed by atoms with E-state index in [2.05, 4.69) is 0 Å². The van der Waals surface area contributed by atoms with E-state index in [9.17, 15) is 45.0 Å². The summed E-state index contributed by atoms with van der Waals surface area (Å²) in [5, 5.41) is 60.4. The van der Waals surface area contributed by atoms with Crippen molar-refractivity contribution >= 4 is 29.7 Å². The number of hydrogen-bond donors (Lipinski definition) is 7. The molecule has 8 N–H and O–H groups in total. The van der Waals surface area contributed by atoms with Crippen LogP contribution in [0.3, 0.4) is 0 Å². The number of carbonyl (C=O) groups is 3. The number of hydrogen-bond acceptors (Lipinski definition) is 13. The molecule has 0 bridgehead atoms. The van der Waals surface area contributed by atoms with Gasteiger partial charge in [0.05, 0.1) is 18.8 Å². The van der Waals surface area contributed by atoms with E-state index in [1.165, 1.54) is 48.6 Å². The van der Waals surface area contributed by atoms with Gasteiger partial charge in [0.15, 0.2) is 40.2 Å². The zero-order valence-electron chi connectivity index (χ0n) is 25.5. The number of ketones is 2. The molecule has 2 aromatic rings. The van der Waals surface area contributed by atoms with Crippen LogP contribution in [0.1, 0.15) is 42.4 Å². The van der Waals surface area contributed by atoms with E-state index in [0.717, 1.165) is 0 Å². The zero-order chi connectivity index (χ0) is 34.1. The molecule has 0 unspecified atom stereocenters. The van der Waals surface area contributed by atoms with Gasteiger partial charge in [-0.2, -0.15) is 0 Å². The Morgan fingerprint density at radius 1 is 1.02 bits per heavy atom. The maximum Gasteiger partial charge on any atom is 0.336 e. The number of carboxylic acid groups (broad SMARTS) is 1. The van der Waals surface area contributed by atoms with Crippen LogP contribution in [-0.4, -0.2) is 105 Å². The summed E-state index contributed by atoms with van der Waals surface area (Å²) in [5.41, 5.74) is 4.40. The molecule has 14 heteroatoms. The second-order valence-electron chi connectivity index (χ2n) is 11.3. The van der Waals surface area contributed by atoms with E-state index < -0.39 is 78.7 Å². The smallest absolute Gasteiger partial charge is 0.336 e. The van der Waals surface area contributed by atoms with E-state index in [1.54, 1.807) is 6.07 Å². The molecule has 0 radical (unpaired) electrons. The molecule has 2 aromatic carbocycles. The molecule has 1 saturated carbocycles. The molecule has 4 rings (SSSR count). The standard InChI is InChI=1S/C33H39NO13/c34-9-11-44-28-8-4-19(12-26(28)40)3-6-22(36)18-46-33(32(42)43)15-27(41)31-30(16-33)47-29(2-1-10-45-31)23(37)7-5-20-13-24(38)25(39)14-21(20)17-35/h3-8,12-14,27,29-31,35,38-41H,1-2,9-11,15-18,34H2,(H,42,43)/t27-,29+,30-,31+,33-/m1/s1. The maximum atomic E-state index is 13.2. The van der Waals surface area contributed by atoms with Gasteiger partial charge >= 0.3 is 5.97 Å². The molecular weight excluding hydrogens is 618 g/mol. The first-order chi connectivity index (χ1) is 22.5. The molecular formula is C33H39NO13. The Balaban J connectivity index is 1.45. The summed E-state index contributed by atoms with van der Waals surface area (Å²) in [6, 6.07) is 6.86. The number of phenols is 3. The highest BCUT2D eigenvalue weighted by Gasteiger charge is 2.53. The lowest BCUT2D eigenvalue weighted by Crippen LogP contribution is -2.60. The molecule has 0 spiro atoms. The van der Waals surface area contributed by atoms with Gasteiger partial charge in [0.1, 0.15) is 25.4 Å². The predicted octanol–water partition coefficient (Wildman–Crippen LogP) is 1.43. The minimum atomic E-state index is -2.03. The summed E-state index contributed by atoms with van der Waals surface area (Å²) in [6.07, 6.45) is 0.591. The quantitative estimate of drug-likeness (QED) is 0.119. The molecule has 5 atom stereocenters. The largest absolute Gasteiger partial charge is 0.504 e. The molecule has 1 heterocycles. The van der Waals surface area contributed by atoms with Gasteiger partial charge in [-0.15, -0.1) is 0 Å². The van der Waals surface area contributed by atoms with Gasteiger partial charge < -0.3 is 55.3 Å². The van der Waals surface area contributed by atoms with Crippen LogP contribution in [0.25, 0.3) is 12.2 Å². The Morgan fingerprint density at radius 2 is 1.79 bits per heavy atom. The fourth-order valence-electron chi connectivity index (χ4n) is 5.48. The van der Waals surface area contributed by atoms with Crippen molar-refractivity contribution in [2.45, 2.75) is 62.3 Å². The van der Waals surface area contributed by atoms with Crippen LogP contribution in [0.4, 0.5) is 0 Å². The van der Waals surface area contributed by atoms with Crippen molar-refractivity contribution in [2.24, 2.45) is 5.73 Å². The van der Waals surface area contributed by atoms with Crippen molar-refractivity contribution < 1.29 is 64.0 Å². The summed E-state index contributed by atoms with van der Waals surface area (Å²) in [4.78, 5) is 38.4. The number of benzene rings is 2. The van der Waals surface area contributed by atoms with Crippen LogP contribution in [0.2, 0.25) is 0 Å². The highest BCUT2D eigenvalue weighted by molar-refractivity contribution is 5.97. The van der Waals surface area contributed by atoms with Crippen molar-refractivity contribution in [3.63, 3.8) is 0 Å². The SMILES string of the molecule is NCCOc1ccc(C=CC(=O)CO[C@]2(C(=O)O)C[C@@H](O)[C@@H]3OCCC[C@@H](C(=O)C=Cc4cc(O)c(O)cc4CO)O[C@@H]3C2)cc1O. The molecule has 2 fully saturated rings. The fourth-order valence-corrected chi connectivity index (χ4v) is 5.48. The maximum absolute atomic E-state index is 13.2. The first-order valence-corrected chi connectivity index (χ1v) is 15.0. The van der Waals surface area contributed by atoms with E-state index >= 15 is 0 Å². The number of carbonyl (C=O) groups excluding carboxylic acids is 2. The summed E-state index contributed by atoms with van der Waals surface area (Å²) < 4.78 is 22.8. The molecule has 14 nitrogen and oxygen atoms in total. The average molecular weight is 658 g/mol. The van der Waals surface area contributed by atoms with Crippen LogP contribution in [0.5, 0.6) is 23.0 Å². The number of fused-ring (bicyclic) bond motifs is 1. The van der Waals surface area contributed by atoms with Crippen molar-refractivity contribution in [2.75, 3.05) is 26.4 Å². The molecule has 0 amide bonds. The number of nitrogens with two attached hydrogens (primary N) is 1. The first-order valence-electron chi connectivity index (χ1n) is 15.0. The molecule has 1 aliphatic carbocycles. The van der Waals surface area contributed by atoms with Gasteiger partial charge in [-0.1, -0.05) is 18.2 Å². The molecule has 2 aliphatic rings. The second-order valence-corrected chi connectivity index (χ2v) is 11.3. The summed E-state index contributed by atoms with van der Waals surface area (Å²) in [5.74, 6) is -3.29. The minimum Gasteiger partial charge on any atom is -0.504 e. The third-order valence-corrected chi connectivity index (χ3v) is 7.93. The molecule has 0 aromatic heterocycles. The Hall–Kier alpha value is -4.31. The highest BCUT2D eigenvalue weighted by Crippen LogP contribution is 2.38. The summed E-state index contributed by atoms with van der Waals surface area (Å²) >= 11 is 0. The normalized spacial score (nSPS) is 24.8. The number of phenolic OH excluding ortho intramolecular Hbond substituents is 3. The predicted molar refractivity (Wildman–Crippen MR) is 166 cm³/mol. The summed E-state index contributed by atoms with van der Waals surface area (Å²) in [6.45, 7) is -0.448. The molecule has 254 valence electrons. The van der Waals surface area contributed by atoms with E-state index in [-0.39, 0.29) is 49.7 Å². The number of rotatable bonds is 13. The van der Waals surface area contributed by atoms with Gasteiger partial charge in [0.2, 0.25) is 0 Å². The van der Waals surface area contributed by atoms with Crippen LogP contribution in [-0.2, 0) is 35.2 Å².